The number of furan rings is 1. The number of imide groups is 1. The lowest BCUT2D eigenvalue weighted by Gasteiger charge is -2.21. The molecule has 2 unspecified atom stereocenters. The normalized spacial score (nSPS) is 23.2. The summed E-state index contributed by atoms with van der Waals surface area (Å²) in [5.41, 5.74) is -0.262. The SMILES string of the molecule is CC1(c2ccco2)NC(=O)N(CC(=O)NC(c2ccccc2)C2CC2)C1=O. The Balaban J connectivity index is 1.46. The van der Waals surface area contributed by atoms with Crippen molar-refractivity contribution >= 4 is 17.8 Å². The maximum absolute atomic E-state index is 12.8. The molecule has 1 aliphatic carbocycles. The summed E-state index contributed by atoms with van der Waals surface area (Å²) in [5, 5.41) is 5.61. The van der Waals surface area contributed by atoms with Gasteiger partial charge in [-0.05, 0) is 43.4 Å². The Morgan fingerprint density at radius 1 is 1.26 bits per heavy atom. The average molecular weight is 367 g/mol. The van der Waals surface area contributed by atoms with Gasteiger partial charge >= 0.3 is 6.03 Å². The fourth-order valence-corrected chi connectivity index (χ4v) is 3.50. The first-order chi connectivity index (χ1) is 13.0. The van der Waals surface area contributed by atoms with E-state index >= 15 is 0 Å². The van der Waals surface area contributed by atoms with Gasteiger partial charge < -0.3 is 15.1 Å². The van der Waals surface area contributed by atoms with Crippen molar-refractivity contribution in [2.45, 2.75) is 31.3 Å². The second-order valence-corrected chi connectivity index (χ2v) is 7.22. The van der Waals surface area contributed by atoms with Crippen LogP contribution in [0.4, 0.5) is 4.79 Å². The van der Waals surface area contributed by atoms with Crippen molar-refractivity contribution < 1.29 is 18.8 Å². The number of hydrogen-bond acceptors (Lipinski definition) is 4. The molecule has 27 heavy (non-hydrogen) atoms. The van der Waals surface area contributed by atoms with Gasteiger partial charge in [0.1, 0.15) is 12.3 Å². The molecule has 2 aliphatic rings. The third kappa shape index (κ3) is 3.20. The van der Waals surface area contributed by atoms with E-state index in [4.69, 9.17) is 4.42 Å². The van der Waals surface area contributed by atoms with Crippen LogP contribution >= 0.6 is 0 Å². The molecule has 7 nitrogen and oxygen atoms in total. The van der Waals surface area contributed by atoms with Gasteiger partial charge in [-0.3, -0.25) is 14.5 Å². The smallest absolute Gasteiger partial charge is 0.325 e. The highest BCUT2D eigenvalue weighted by Gasteiger charge is 2.51. The number of amides is 4. The van der Waals surface area contributed by atoms with Crippen LogP contribution in [0.5, 0.6) is 0 Å². The summed E-state index contributed by atoms with van der Waals surface area (Å²) in [4.78, 5) is 38.6. The van der Waals surface area contributed by atoms with Crippen molar-refractivity contribution in [1.29, 1.82) is 0 Å². The predicted molar refractivity (Wildman–Crippen MR) is 96.4 cm³/mol. The fourth-order valence-electron chi connectivity index (χ4n) is 3.50. The first-order valence-electron chi connectivity index (χ1n) is 9.01. The lowest BCUT2D eigenvalue weighted by Crippen LogP contribution is -2.44. The van der Waals surface area contributed by atoms with E-state index in [1.807, 2.05) is 30.3 Å². The largest absolute Gasteiger partial charge is 0.466 e. The molecule has 140 valence electrons. The lowest BCUT2D eigenvalue weighted by atomic mass is 9.99. The number of urea groups is 1. The monoisotopic (exact) mass is 367 g/mol. The van der Waals surface area contributed by atoms with Gasteiger partial charge in [0.25, 0.3) is 5.91 Å². The quantitative estimate of drug-likeness (QED) is 0.767. The first kappa shape index (κ1) is 17.3. The molecule has 2 aromatic rings. The number of nitrogens with zero attached hydrogens (tertiary/aromatic N) is 1. The van der Waals surface area contributed by atoms with Crippen molar-refractivity contribution in [3.05, 3.63) is 60.1 Å². The highest BCUT2D eigenvalue weighted by atomic mass is 16.3. The van der Waals surface area contributed by atoms with Gasteiger partial charge in [-0.25, -0.2) is 4.79 Å². The van der Waals surface area contributed by atoms with E-state index in [-0.39, 0.29) is 18.5 Å². The van der Waals surface area contributed by atoms with Gasteiger partial charge in [-0.1, -0.05) is 30.3 Å². The summed E-state index contributed by atoms with van der Waals surface area (Å²) in [5.74, 6) is -0.125. The molecule has 1 aliphatic heterocycles. The van der Waals surface area contributed by atoms with Crippen LogP contribution in [0.15, 0.2) is 53.1 Å². The summed E-state index contributed by atoms with van der Waals surface area (Å²) in [6.07, 6.45) is 3.55. The number of hydrogen-bond donors (Lipinski definition) is 2. The van der Waals surface area contributed by atoms with Gasteiger partial charge in [0, 0.05) is 0 Å². The molecule has 0 bridgehead atoms. The minimum absolute atomic E-state index is 0.101. The van der Waals surface area contributed by atoms with E-state index in [2.05, 4.69) is 10.6 Å². The van der Waals surface area contributed by atoms with Crippen LogP contribution in [0.1, 0.15) is 37.1 Å². The highest BCUT2D eigenvalue weighted by Crippen LogP contribution is 2.41. The van der Waals surface area contributed by atoms with Gasteiger partial charge in [-0.15, -0.1) is 0 Å². The van der Waals surface area contributed by atoms with Crippen LogP contribution in [-0.2, 0) is 15.1 Å². The zero-order valence-electron chi connectivity index (χ0n) is 15.0. The summed E-state index contributed by atoms with van der Waals surface area (Å²) >= 11 is 0. The Morgan fingerprint density at radius 3 is 2.63 bits per heavy atom. The van der Waals surface area contributed by atoms with Crippen LogP contribution in [0.3, 0.4) is 0 Å². The van der Waals surface area contributed by atoms with Crippen molar-refractivity contribution in [3.63, 3.8) is 0 Å². The molecule has 2 atom stereocenters. The van der Waals surface area contributed by atoms with Crippen LogP contribution < -0.4 is 10.6 Å². The Hall–Kier alpha value is -3.09. The lowest BCUT2D eigenvalue weighted by molar-refractivity contribution is -0.135. The zero-order valence-corrected chi connectivity index (χ0v) is 15.0. The topological polar surface area (TPSA) is 91.7 Å². The van der Waals surface area contributed by atoms with E-state index < -0.39 is 17.5 Å². The highest BCUT2D eigenvalue weighted by molar-refractivity contribution is 6.08. The third-order valence-electron chi connectivity index (χ3n) is 5.16. The minimum atomic E-state index is -1.30. The van der Waals surface area contributed by atoms with E-state index in [1.165, 1.54) is 6.26 Å². The molecule has 7 heteroatoms. The van der Waals surface area contributed by atoms with E-state index in [9.17, 15) is 14.4 Å². The summed E-state index contributed by atoms with van der Waals surface area (Å²) in [7, 11) is 0. The van der Waals surface area contributed by atoms with Crippen molar-refractivity contribution in [1.82, 2.24) is 15.5 Å². The number of nitrogens with one attached hydrogen (secondary N) is 2. The Bertz CT molecular complexity index is 861. The summed E-state index contributed by atoms with van der Waals surface area (Å²) in [6.45, 7) is 1.25. The predicted octanol–water partition coefficient (Wildman–Crippen LogP) is 2.31. The molecular formula is C20H21N3O4. The summed E-state index contributed by atoms with van der Waals surface area (Å²) < 4.78 is 5.29. The fraction of sp³-hybridized carbons (Fsp3) is 0.350. The Morgan fingerprint density at radius 2 is 2.00 bits per heavy atom. The maximum atomic E-state index is 12.8. The second kappa shape index (κ2) is 6.57. The number of carbonyl (C=O) groups excluding carboxylic acids is 3. The Labute approximate surface area is 156 Å². The molecule has 1 aromatic heterocycles. The van der Waals surface area contributed by atoms with Crippen LogP contribution in [0, 0.1) is 5.92 Å². The molecule has 2 fully saturated rings. The molecule has 4 rings (SSSR count). The Kier molecular flexibility index (Phi) is 4.22. The molecule has 1 aromatic carbocycles. The third-order valence-corrected chi connectivity index (χ3v) is 5.16. The number of benzene rings is 1. The molecule has 4 amide bonds. The second-order valence-electron chi connectivity index (χ2n) is 7.22. The molecule has 0 spiro atoms. The minimum Gasteiger partial charge on any atom is -0.466 e. The average Bonchev–Trinajstić information content (AvgIpc) is 3.30. The van der Waals surface area contributed by atoms with Gasteiger partial charge in [0.05, 0.1) is 12.3 Å². The molecule has 2 N–H and O–H groups in total. The van der Waals surface area contributed by atoms with Crippen LogP contribution in [0.2, 0.25) is 0 Å². The van der Waals surface area contributed by atoms with Crippen molar-refractivity contribution in [2.24, 2.45) is 5.92 Å². The number of rotatable bonds is 6. The maximum Gasteiger partial charge on any atom is 0.325 e. The zero-order chi connectivity index (χ0) is 19.0. The van der Waals surface area contributed by atoms with E-state index in [0.717, 1.165) is 23.3 Å². The van der Waals surface area contributed by atoms with E-state index in [0.29, 0.717) is 11.7 Å². The molecular weight excluding hydrogens is 346 g/mol. The number of carbonyl (C=O) groups is 3. The van der Waals surface area contributed by atoms with Crippen molar-refractivity contribution in [3.8, 4) is 0 Å². The van der Waals surface area contributed by atoms with E-state index in [1.54, 1.807) is 19.1 Å². The molecule has 1 saturated carbocycles. The first-order valence-corrected chi connectivity index (χ1v) is 9.01. The molecule has 1 saturated heterocycles. The van der Waals surface area contributed by atoms with Crippen molar-refractivity contribution in [2.75, 3.05) is 6.54 Å². The molecule has 0 radical (unpaired) electrons. The standard InChI is InChI=1S/C20H21N3O4/c1-20(15-8-5-11-27-15)18(25)23(19(26)22-20)12-16(24)21-17(14-9-10-14)13-6-3-2-4-7-13/h2-8,11,14,17H,9-10,12H2,1H3,(H,21,24)(H,22,26). The summed E-state index contributed by atoms with van der Waals surface area (Å²) in [6, 6.07) is 12.3. The van der Waals surface area contributed by atoms with Gasteiger partial charge in [0.15, 0.2) is 5.54 Å². The van der Waals surface area contributed by atoms with Crippen LogP contribution in [0.25, 0.3) is 0 Å². The molecule has 2 heterocycles. The van der Waals surface area contributed by atoms with Crippen LogP contribution in [-0.4, -0.2) is 29.3 Å². The van der Waals surface area contributed by atoms with Gasteiger partial charge in [0.2, 0.25) is 5.91 Å². The van der Waals surface area contributed by atoms with Gasteiger partial charge in [-0.2, -0.15) is 0 Å².